The first-order chi connectivity index (χ1) is 9.81. The van der Waals surface area contributed by atoms with Crippen LogP contribution in [0.25, 0.3) is 0 Å². The molecule has 0 fully saturated rings. The summed E-state index contributed by atoms with van der Waals surface area (Å²) >= 11 is 0. The van der Waals surface area contributed by atoms with E-state index >= 15 is 0 Å². The van der Waals surface area contributed by atoms with Crippen molar-refractivity contribution in [2.75, 3.05) is 6.61 Å². The topological polar surface area (TPSA) is 127 Å². The molecule has 0 saturated heterocycles. The zero-order chi connectivity index (χ0) is 16.6. The minimum absolute atomic E-state index is 0. The van der Waals surface area contributed by atoms with Crippen molar-refractivity contribution in [1.82, 2.24) is 0 Å². The molecule has 130 valence electrons. The van der Waals surface area contributed by atoms with Crippen molar-refractivity contribution in [3.8, 4) is 0 Å². The molecule has 0 aromatic heterocycles. The van der Waals surface area contributed by atoms with Gasteiger partial charge in [0, 0.05) is 0 Å². The van der Waals surface area contributed by atoms with Crippen molar-refractivity contribution in [3.63, 3.8) is 0 Å². The molecular formula is C14H30K3O6P. The van der Waals surface area contributed by atoms with Crippen LogP contribution in [0.15, 0.2) is 0 Å². The molecule has 1 unspecified atom stereocenters. The maximum Gasteiger partial charge on any atom is 1.00 e. The molecule has 1 atom stereocenters. The molecule has 0 heterocycles. The quantitative estimate of drug-likeness (QED) is 0.176. The van der Waals surface area contributed by atoms with Crippen LogP contribution in [0.4, 0.5) is 0 Å². The Balaban J connectivity index is -0.000000132. The Bertz CT molecular complexity index is 248. The van der Waals surface area contributed by atoms with Crippen LogP contribution in [-0.2, 0) is 4.57 Å². The van der Waals surface area contributed by atoms with E-state index in [9.17, 15) is 0 Å². The molecule has 0 aliphatic heterocycles. The normalized spacial score (nSPS) is 11.1. The third-order valence-corrected chi connectivity index (χ3v) is 3.10. The number of rotatable bonds is 12. The third-order valence-electron chi connectivity index (χ3n) is 3.10. The summed E-state index contributed by atoms with van der Waals surface area (Å²) < 4.78 is 8.55. The van der Waals surface area contributed by atoms with Crippen LogP contribution in [0.3, 0.4) is 0 Å². The van der Waals surface area contributed by atoms with Gasteiger partial charge in [0.15, 0.2) is 0 Å². The largest absolute Gasteiger partial charge is 1.00 e. The van der Waals surface area contributed by atoms with Gasteiger partial charge in [0.1, 0.15) is 0 Å². The van der Waals surface area contributed by atoms with E-state index in [0.29, 0.717) is 0 Å². The number of hydrogen-bond donors (Lipinski definition) is 2. The van der Waals surface area contributed by atoms with Gasteiger partial charge in [-0.25, -0.2) is 0 Å². The summed E-state index contributed by atoms with van der Waals surface area (Å²) in [5.41, 5.74) is 0. The molecule has 0 aliphatic carbocycles. The van der Waals surface area contributed by atoms with E-state index in [1.54, 1.807) is 0 Å². The van der Waals surface area contributed by atoms with Gasteiger partial charge in [-0.2, -0.15) is 7.82 Å². The number of phosphoric acid groups is 1. The van der Waals surface area contributed by atoms with Crippen molar-refractivity contribution in [2.24, 2.45) is 0 Å². The second kappa shape index (κ2) is 30.1. The number of unbranched alkanes of at least 4 members (excludes halogenated alkanes) is 9. The van der Waals surface area contributed by atoms with Gasteiger partial charge >= 0.3 is 154 Å². The van der Waals surface area contributed by atoms with Gasteiger partial charge < -0.3 is 29.5 Å². The summed E-state index contributed by atoms with van der Waals surface area (Å²) in [7, 11) is -5.39. The van der Waals surface area contributed by atoms with E-state index in [2.05, 4.69) is 6.92 Å². The zero-order valence-electron chi connectivity index (χ0n) is 16.0. The van der Waals surface area contributed by atoms with Gasteiger partial charge in [-0.15, -0.1) is 0 Å². The van der Waals surface area contributed by atoms with Crippen LogP contribution in [0.2, 0.25) is 0 Å². The van der Waals surface area contributed by atoms with Crippen LogP contribution < -0.4 is 169 Å². The third kappa shape index (κ3) is 50.5. The standard InChI is InChI=1S/C14H30O2.3K.H3O4P/c1-2-3-4-5-6-7-8-9-10-11-12-14(16)13-15;;;;1-5(2,3)4/h14-16H,2-13H2,1H3;;;;(H3,1,2,3,4)/q;3*+1;/p-3. The Kier molecular flexibility index (Phi) is 49.5. The smallest absolute Gasteiger partial charge is 0.822 e. The van der Waals surface area contributed by atoms with Gasteiger partial charge in [-0.1, -0.05) is 71.1 Å². The van der Waals surface area contributed by atoms with E-state index < -0.39 is 13.9 Å². The Labute approximate surface area is 275 Å². The van der Waals surface area contributed by atoms with Gasteiger partial charge in [0.25, 0.3) is 0 Å². The first-order valence-electron chi connectivity index (χ1n) is 7.83. The molecule has 10 heteroatoms. The molecule has 0 aliphatic rings. The van der Waals surface area contributed by atoms with Crippen LogP contribution in [0, 0.1) is 0 Å². The average Bonchev–Trinajstić information content (AvgIpc) is 2.38. The molecule has 0 aromatic rings. The van der Waals surface area contributed by atoms with Crippen LogP contribution in [-0.4, -0.2) is 22.9 Å². The first-order valence-corrected chi connectivity index (χ1v) is 9.29. The minimum Gasteiger partial charge on any atom is -0.822 e. The van der Waals surface area contributed by atoms with E-state index in [1.165, 1.54) is 57.8 Å². The average molecular weight is 443 g/mol. The molecule has 0 aromatic carbocycles. The summed E-state index contributed by atoms with van der Waals surface area (Å²) in [6, 6.07) is 0. The van der Waals surface area contributed by atoms with E-state index in [1.807, 2.05) is 0 Å². The van der Waals surface area contributed by atoms with Crippen molar-refractivity contribution >= 4 is 7.82 Å². The van der Waals surface area contributed by atoms with Gasteiger partial charge in [-0.3, -0.25) is 0 Å². The van der Waals surface area contributed by atoms with Crippen molar-refractivity contribution in [1.29, 1.82) is 0 Å². The molecule has 0 rings (SSSR count). The molecule has 0 bridgehead atoms. The molecule has 0 spiro atoms. The molecule has 6 nitrogen and oxygen atoms in total. The molecule has 24 heavy (non-hydrogen) atoms. The van der Waals surface area contributed by atoms with Crippen LogP contribution >= 0.6 is 7.82 Å². The Morgan fingerprint density at radius 2 is 1.08 bits per heavy atom. The fourth-order valence-electron chi connectivity index (χ4n) is 1.96. The van der Waals surface area contributed by atoms with Crippen molar-refractivity contribution < 1.29 is 184 Å². The number of aliphatic hydroxyl groups excluding tert-OH is 2. The Morgan fingerprint density at radius 1 is 0.792 bits per heavy atom. The summed E-state index contributed by atoms with van der Waals surface area (Å²) in [4.78, 5) is 25.6. The van der Waals surface area contributed by atoms with Crippen LogP contribution in [0.1, 0.15) is 77.6 Å². The van der Waals surface area contributed by atoms with Crippen molar-refractivity contribution in [2.45, 2.75) is 83.7 Å². The van der Waals surface area contributed by atoms with E-state index in [0.717, 1.165) is 12.8 Å². The zero-order valence-corrected chi connectivity index (χ0v) is 26.3. The monoisotopic (exact) mass is 442 g/mol. The molecule has 0 radical (unpaired) electrons. The maximum absolute atomic E-state index is 9.13. The predicted octanol–water partition coefficient (Wildman–Crippen LogP) is -8.16. The summed E-state index contributed by atoms with van der Waals surface area (Å²) in [5.74, 6) is 0. The summed E-state index contributed by atoms with van der Waals surface area (Å²) in [5, 5.41) is 17.8. The number of hydrogen-bond acceptors (Lipinski definition) is 6. The van der Waals surface area contributed by atoms with E-state index in [4.69, 9.17) is 29.5 Å². The first kappa shape index (κ1) is 39.4. The predicted molar refractivity (Wildman–Crippen MR) is 77.2 cm³/mol. The molecular weight excluding hydrogens is 412 g/mol. The minimum atomic E-state index is -5.39. The SMILES string of the molecule is CCCCCCCCCCCCC(O)CO.O=P([O-])([O-])[O-].[K+].[K+].[K+]. The maximum atomic E-state index is 9.13. The van der Waals surface area contributed by atoms with Crippen molar-refractivity contribution in [3.05, 3.63) is 0 Å². The fraction of sp³-hybridized carbons (Fsp3) is 1.00. The number of aliphatic hydroxyl groups is 2. The molecule has 0 amide bonds. The van der Waals surface area contributed by atoms with Crippen LogP contribution in [0.5, 0.6) is 0 Å². The second-order valence-corrected chi connectivity index (χ2v) is 6.15. The fourth-order valence-corrected chi connectivity index (χ4v) is 1.96. The van der Waals surface area contributed by atoms with Gasteiger partial charge in [0.05, 0.1) is 12.7 Å². The summed E-state index contributed by atoms with van der Waals surface area (Å²) in [6.07, 6.45) is 13.4. The van der Waals surface area contributed by atoms with E-state index in [-0.39, 0.29) is 161 Å². The van der Waals surface area contributed by atoms with Gasteiger partial charge in [-0.05, 0) is 6.42 Å². The van der Waals surface area contributed by atoms with Gasteiger partial charge in [0.2, 0.25) is 0 Å². The molecule has 2 N–H and O–H groups in total. The second-order valence-electron chi connectivity index (χ2n) is 5.25. The Morgan fingerprint density at radius 3 is 1.38 bits per heavy atom. The summed E-state index contributed by atoms with van der Waals surface area (Å²) in [6.45, 7) is 2.16. The molecule has 0 saturated carbocycles. The Hall–Kier alpha value is 4.94.